The van der Waals surface area contributed by atoms with Gasteiger partial charge in [0.05, 0.1) is 12.2 Å². The largest absolute Gasteiger partial charge is 0.370 e. The highest BCUT2D eigenvalue weighted by Gasteiger charge is 2.13. The summed E-state index contributed by atoms with van der Waals surface area (Å²) in [5.74, 6) is 1.16. The summed E-state index contributed by atoms with van der Waals surface area (Å²) in [5, 5.41) is 1.07. The van der Waals surface area contributed by atoms with Gasteiger partial charge in [0.1, 0.15) is 5.01 Å². The maximum Gasteiger partial charge on any atom is 0.191 e. The lowest BCUT2D eigenvalue weighted by Crippen LogP contribution is -2.38. The van der Waals surface area contributed by atoms with E-state index in [2.05, 4.69) is 35.6 Å². The van der Waals surface area contributed by atoms with Crippen molar-refractivity contribution < 1.29 is 0 Å². The van der Waals surface area contributed by atoms with Crippen LogP contribution in [0.3, 0.4) is 0 Å². The number of thiazole rings is 1. The van der Waals surface area contributed by atoms with Crippen molar-refractivity contribution in [2.24, 2.45) is 10.7 Å². The standard InChI is InChI=1S/C15H26N4S/c1-11(2)14-12(3)20-13(18-14)10-17-15(16)19-8-6-4-5-7-9-19/h11H,4-10H2,1-3H3,(H2,16,17). The molecule has 1 fully saturated rings. The second-order valence-corrected chi connectivity index (χ2v) is 7.07. The van der Waals surface area contributed by atoms with E-state index in [-0.39, 0.29) is 0 Å². The van der Waals surface area contributed by atoms with Gasteiger partial charge in [-0.1, -0.05) is 26.7 Å². The zero-order valence-electron chi connectivity index (χ0n) is 12.9. The Hall–Kier alpha value is -1.10. The molecule has 0 aromatic carbocycles. The summed E-state index contributed by atoms with van der Waals surface area (Å²) in [7, 11) is 0. The van der Waals surface area contributed by atoms with E-state index >= 15 is 0 Å². The van der Waals surface area contributed by atoms with Gasteiger partial charge in [-0.3, -0.25) is 0 Å². The fourth-order valence-electron chi connectivity index (χ4n) is 2.62. The van der Waals surface area contributed by atoms with Gasteiger partial charge in [-0.25, -0.2) is 9.98 Å². The maximum absolute atomic E-state index is 6.12. The second kappa shape index (κ2) is 7.07. The SMILES string of the molecule is Cc1sc(CN=C(N)N2CCCCCC2)nc1C(C)C. The molecule has 4 nitrogen and oxygen atoms in total. The molecule has 1 aliphatic rings. The summed E-state index contributed by atoms with van der Waals surface area (Å²) in [5.41, 5.74) is 7.33. The van der Waals surface area contributed by atoms with Gasteiger partial charge >= 0.3 is 0 Å². The number of rotatable bonds is 3. The number of hydrogen-bond acceptors (Lipinski definition) is 3. The van der Waals surface area contributed by atoms with E-state index in [1.54, 1.807) is 11.3 Å². The average Bonchev–Trinajstić information content (AvgIpc) is 2.64. The van der Waals surface area contributed by atoms with Crippen molar-refractivity contribution in [3.8, 4) is 0 Å². The number of aromatic nitrogens is 1. The molecule has 1 saturated heterocycles. The van der Waals surface area contributed by atoms with Gasteiger partial charge in [0.2, 0.25) is 0 Å². The van der Waals surface area contributed by atoms with Gasteiger partial charge in [-0.2, -0.15) is 0 Å². The zero-order chi connectivity index (χ0) is 14.5. The van der Waals surface area contributed by atoms with Crippen molar-refractivity contribution in [2.75, 3.05) is 13.1 Å². The molecule has 0 amide bonds. The number of guanidine groups is 1. The summed E-state index contributed by atoms with van der Waals surface area (Å²) in [6.45, 7) is 9.20. The monoisotopic (exact) mass is 294 g/mol. The first kappa shape index (κ1) is 15.3. The summed E-state index contributed by atoms with van der Waals surface area (Å²) in [6, 6.07) is 0. The van der Waals surface area contributed by atoms with Crippen LogP contribution in [-0.4, -0.2) is 28.9 Å². The fourth-order valence-corrected chi connectivity index (χ4v) is 3.63. The highest BCUT2D eigenvalue weighted by atomic mass is 32.1. The smallest absolute Gasteiger partial charge is 0.191 e. The lowest BCUT2D eigenvalue weighted by molar-refractivity contribution is 0.428. The highest BCUT2D eigenvalue weighted by molar-refractivity contribution is 7.11. The van der Waals surface area contributed by atoms with Gasteiger partial charge < -0.3 is 10.6 Å². The molecule has 2 heterocycles. The lowest BCUT2D eigenvalue weighted by Gasteiger charge is -2.20. The molecule has 1 aliphatic heterocycles. The number of aryl methyl sites for hydroxylation is 1. The Balaban J connectivity index is 1.98. The van der Waals surface area contributed by atoms with E-state index in [1.807, 2.05) is 0 Å². The molecule has 0 saturated carbocycles. The Morgan fingerprint density at radius 2 is 1.95 bits per heavy atom. The fraction of sp³-hybridized carbons (Fsp3) is 0.733. The zero-order valence-corrected chi connectivity index (χ0v) is 13.7. The van der Waals surface area contributed by atoms with Crippen LogP contribution in [0, 0.1) is 6.92 Å². The molecule has 2 rings (SSSR count). The van der Waals surface area contributed by atoms with Gasteiger partial charge in [-0.15, -0.1) is 11.3 Å². The molecule has 0 atom stereocenters. The van der Waals surface area contributed by atoms with E-state index in [1.165, 1.54) is 36.3 Å². The predicted octanol–water partition coefficient (Wildman–Crippen LogP) is 3.27. The van der Waals surface area contributed by atoms with Crippen LogP contribution < -0.4 is 5.73 Å². The van der Waals surface area contributed by atoms with E-state index in [4.69, 9.17) is 5.73 Å². The number of likely N-dealkylation sites (tertiary alicyclic amines) is 1. The minimum absolute atomic E-state index is 0.479. The first-order chi connectivity index (χ1) is 9.58. The molecule has 20 heavy (non-hydrogen) atoms. The van der Waals surface area contributed by atoms with Crippen LogP contribution in [0.5, 0.6) is 0 Å². The topological polar surface area (TPSA) is 54.5 Å². The summed E-state index contributed by atoms with van der Waals surface area (Å²) in [4.78, 5) is 12.7. The molecule has 0 aliphatic carbocycles. The molecule has 0 unspecified atom stereocenters. The molecule has 0 spiro atoms. The van der Waals surface area contributed by atoms with Crippen LogP contribution in [0.15, 0.2) is 4.99 Å². The third-order valence-electron chi connectivity index (χ3n) is 3.73. The van der Waals surface area contributed by atoms with Crippen LogP contribution >= 0.6 is 11.3 Å². The third kappa shape index (κ3) is 3.95. The van der Waals surface area contributed by atoms with E-state index in [0.29, 0.717) is 18.4 Å². The van der Waals surface area contributed by atoms with Crippen LogP contribution in [0.4, 0.5) is 0 Å². The van der Waals surface area contributed by atoms with E-state index in [9.17, 15) is 0 Å². The van der Waals surface area contributed by atoms with Crippen molar-refractivity contribution in [1.29, 1.82) is 0 Å². The second-order valence-electron chi connectivity index (χ2n) is 5.78. The van der Waals surface area contributed by atoms with Crippen LogP contribution in [0.25, 0.3) is 0 Å². The Labute approximate surface area is 126 Å². The first-order valence-corrected chi connectivity index (χ1v) is 8.40. The quantitative estimate of drug-likeness (QED) is 0.687. The number of nitrogens with two attached hydrogens (primary N) is 1. The lowest BCUT2D eigenvalue weighted by atomic mass is 10.1. The predicted molar refractivity (Wildman–Crippen MR) is 86.3 cm³/mol. The van der Waals surface area contributed by atoms with E-state index < -0.39 is 0 Å². The number of nitrogens with zero attached hydrogens (tertiary/aromatic N) is 3. The van der Waals surface area contributed by atoms with Crippen LogP contribution in [0.1, 0.15) is 61.0 Å². The Morgan fingerprint density at radius 3 is 2.50 bits per heavy atom. The van der Waals surface area contributed by atoms with Crippen molar-refractivity contribution in [3.05, 3.63) is 15.6 Å². The van der Waals surface area contributed by atoms with Crippen LogP contribution in [0.2, 0.25) is 0 Å². The molecule has 5 heteroatoms. The number of hydrogen-bond donors (Lipinski definition) is 1. The molecular weight excluding hydrogens is 268 g/mol. The van der Waals surface area contributed by atoms with Gasteiger partial charge in [0.25, 0.3) is 0 Å². The molecule has 0 radical (unpaired) electrons. The molecule has 0 bridgehead atoms. The summed E-state index contributed by atoms with van der Waals surface area (Å²) >= 11 is 1.74. The molecule has 1 aromatic heterocycles. The first-order valence-electron chi connectivity index (χ1n) is 7.59. The summed E-state index contributed by atoms with van der Waals surface area (Å²) in [6.07, 6.45) is 5.08. The summed E-state index contributed by atoms with van der Waals surface area (Å²) < 4.78 is 0. The normalized spacial score (nSPS) is 17.6. The number of aliphatic imine (C=N–C) groups is 1. The minimum Gasteiger partial charge on any atom is -0.370 e. The third-order valence-corrected chi connectivity index (χ3v) is 4.70. The van der Waals surface area contributed by atoms with Gasteiger partial charge in [0.15, 0.2) is 5.96 Å². The van der Waals surface area contributed by atoms with Gasteiger partial charge in [0, 0.05) is 18.0 Å². The Morgan fingerprint density at radius 1 is 1.30 bits per heavy atom. The van der Waals surface area contributed by atoms with Crippen molar-refractivity contribution in [1.82, 2.24) is 9.88 Å². The van der Waals surface area contributed by atoms with Crippen LogP contribution in [-0.2, 0) is 6.54 Å². The molecule has 2 N–H and O–H groups in total. The molecule has 112 valence electrons. The highest BCUT2D eigenvalue weighted by Crippen LogP contribution is 2.24. The molecular formula is C15H26N4S. The van der Waals surface area contributed by atoms with Crippen molar-refractivity contribution in [2.45, 2.75) is 58.9 Å². The average molecular weight is 294 g/mol. The maximum atomic E-state index is 6.12. The van der Waals surface area contributed by atoms with E-state index in [0.717, 1.165) is 18.1 Å². The van der Waals surface area contributed by atoms with Crippen molar-refractivity contribution in [3.63, 3.8) is 0 Å². The minimum atomic E-state index is 0.479. The van der Waals surface area contributed by atoms with Crippen molar-refractivity contribution >= 4 is 17.3 Å². The molecule has 1 aromatic rings. The Bertz CT molecular complexity index is 456. The Kier molecular flexibility index (Phi) is 5.40. The van der Waals surface area contributed by atoms with Gasteiger partial charge in [-0.05, 0) is 25.7 Å².